The van der Waals surface area contributed by atoms with Gasteiger partial charge < -0.3 is 5.32 Å². The van der Waals surface area contributed by atoms with E-state index in [1.54, 1.807) is 24.3 Å². The van der Waals surface area contributed by atoms with E-state index < -0.39 is 29.4 Å². The fourth-order valence-corrected chi connectivity index (χ4v) is 3.63. The van der Waals surface area contributed by atoms with Crippen LogP contribution in [0.5, 0.6) is 0 Å². The number of nitrogens with one attached hydrogen (secondary N) is 1. The summed E-state index contributed by atoms with van der Waals surface area (Å²) in [6, 6.07) is 10.7. The standard InChI is InChI=1S/C18H11BrClFN2O3S/c19-13-7-10(1-6-14(13)21)8-15-17(25)23(18(26)27-15)9-16(24)22-12-4-2-11(20)3-5-12/h1-8H,9H2,(H,22,24)/b15-8+. The highest BCUT2D eigenvalue weighted by Crippen LogP contribution is 2.32. The molecule has 0 atom stereocenters. The number of halogens is 3. The van der Waals surface area contributed by atoms with Crippen LogP contribution in [-0.4, -0.2) is 28.5 Å². The molecule has 27 heavy (non-hydrogen) atoms. The van der Waals surface area contributed by atoms with E-state index in [2.05, 4.69) is 21.2 Å². The third-order valence-electron chi connectivity index (χ3n) is 3.54. The van der Waals surface area contributed by atoms with Crippen molar-refractivity contribution < 1.29 is 18.8 Å². The molecule has 0 bridgehead atoms. The molecule has 1 saturated heterocycles. The van der Waals surface area contributed by atoms with E-state index in [1.165, 1.54) is 24.3 Å². The van der Waals surface area contributed by atoms with Gasteiger partial charge >= 0.3 is 0 Å². The Balaban J connectivity index is 1.70. The van der Waals surface area contributed by atoms with Crippen molar-refractivity contribution in [3.8, 4) is 0 Å². The molecule has 1 fully saturated rings. The van der Waals surface area contributed by atoms with Crippen molar-refractivity contribution in [3.05, 3.63) is 68.2 Å². The van der Waals surface area contributed by atoms with Crippen LogP contribution >= 0.6 is 39.3 Å². The number of carbonyl (C=O) groups excluding carboxylic acids is 3. The van der Waals surface area contributed by atoms with E-state index in [1.807, 2.05) is 0 Å². The zero-order valence-corrected chi connectivity index (χ0v) is 16.7. The van der Waals surface area contributed by atoms with E-state index >= 15 is 0 Å². The topological polar surface area (TPSA) is 66.5 Å². The maximum absolute atomic E-state index is 13.3. The number of imide groups is 1. The Bertz CT molecular complexity index is 966. The average Bonchev–Trinajstić information content (AvgIpc) is 2.87. The molecule has 0 unspecified atom stereocenters. The summed E-state index contributed by atoms with van der Waals surface area (Å²) in [5, 5.41) is 2.58. The van der Waals surface area contributed by atoms with Crippen LogP contribution in [0, 0.1) is 5.82 Å². The molecule has 1 aliphatic rings. The van der Waals surface area contributed by atoms with Gasteiger partial charge in [0.2, 0.25) is 5.91 Å². The average molecular weight is 470 g/mol. The van der Waals surface area contributed by atoms with Gasteiger partial charge in [-0.05, 0) is 75.7 Å². The first kappa shape index (κ1) is 19.6. The predicted molar refractivity (Wildman–Crippen MR) is 107 cm³/mol. The molecule has 0 aromatic heterocycles. The van der Waals surface area contributed by atoms with Gasteiger partial charge in [-0.3, -0.25) is 19.3 Å². The third-order valence-corrected chi connectivity index (χ3v) is 5.31. The minimum atomic E-state index is -0.572. The van der Waals surface area contributed by atoms with Gasteiger partial charge in [0.05, 0.1) is 9.38 Å². The quantitative estimate of drug-likeness (QED) is 0.646. The first-order valence-corrected chi connectivity index (χ1v) is 9.58. The number of nitrogens with zero attached hydrogens (tertiary/aromatic N) is 1. The van der Waals surface area contributed by atoms with E-state index in [-0.39, 0.29) is 9.38 Å². The second kappa shape index (κ2) is 8.24. The van der Waals surface area contributed by atoms with Crippen molar-refractivity contribution in [2.45, 2.75) is 0 Å². The van der Waals surface area contributed by atoms with Crippen molar-refractivity contribution in [3.63, 3.8) is 0 Å². The van der Waals surface area contributed by atoms with Gasteiger partial charge in [-0.1, -0.05) is 17.7 Å². The van der Waals surface area contributed by atoms with Gasteiger partial charge in [0.15, 0.2) is 0 Å². The van der Waals surface area contributed by atoms with Crippen LogP contribution in [0.3, 0.4) is 0 Å². The van der Waals surface area contributed by atoms with Gasteiger partial charge in [0.1, 0.15) is 12.4 Å². The highest BCUT2D eigenvalue weighted by Gasteiger charge is 2.36. The van der Waals surface area contributed by atoms with E-state index in [4.69, 9.17) is 11.6 Å². The molecule has 3 amide bonds. The van der Waals surface area contributed by atoms with Gasteiger partial charge in [0, 0.05) is 10.7 Å². The second-order valence-electron chi connectivity index (χ2n) is 5.50. The summed E-state index contributed by atoms with van der Waals surface area (Å²) < 4.78 is 13.6. The molecule has 0 spiro atoms. The summed E-state index contributed by atoms with van der Waals surface area (Å²) >= 11 is 9.58. The number of rotatable bonds is 4. The molecular weight excluding hydrogens is 459 g/mol. The smallest absolute Gasteiger partial charge is 0.294 e. The lowest BCUT2D eigenvalue weighted by Crippen LogP contribution is -2.36. The number of anilines is 1. The largest absolute Gasteiger partial charge is 0.325 e. The van der Waals surface area contributed by atoms with Crippen LogP contribution < -0.4 is 5.32 Å². The van der Waals surface area contributed by atoms with Gasteiger partial charge in [-0.2, -0.15) is 0 Å². The number of carbonyl (C=O) groups is 3. The molecule has 9 heteroatoms. The van der Waals surface area contributed by atoms with Crippen molar-refractivity contribution in [2.75, 3.05) is 11.9 Å². The number of thioether (sulfide) groups is 1. The zero-order chi connectivity index (χ0) is 19.6. The van der Waals surface area contributed by atoms with Crippen molar-refractivity contribution >= 4 is 68.1 Å². The summed E-state index contributed by atoms with van der Waals surface area (Å²) in [5.74, 6) is -1.51. The van der Waals surface area contributed by atoms with Gasteiger partial charge in [0.25, 0.3) is 11.1 Å². The maximum atomic E-state index is 13.3. The van der Waals surface area contributed by atoms with Crippen LogP contribution in [0.1, 0.15) is 5.56 Å². The molecule has 2 aromatic carbocycles. The third kappa shape index (κ3) is 4.77. The minimum absolute atomic E-state index is 0.165. The maximum Gasteiger partial charge on any atom is 0.294 e. The Morgan fingerprint density at radius 1 is 1.22 bits per heavy atom. The Hall–Kier alpha value is -2.16. The molecule has 0 saturated carbocycles. The summed E-state index contributed by atoms with van der Waals surface area (Å²) in [6.07, 6.45) is 1.48. The Labute approximate surface area is 171 Å². The van der Waals surface area contributed by atoms with Crippen LogP contribution in [0.2, 0.25) is 5.02 Å². The summed E-state index contributed by atoms with van der Waals surface area (Å²) in [4.78, 5) is 37.7. The molecule has 1 heterocycles. The van der Waals surface area contributed by atoms with Crippen molar-refractivity contribution in [1.29, 1.82) is 0 Å². The first-order chi connectivity index (χ1) is 12.8. The molecule has 1 aliphatic heterocycles. The molecular formula is C18H11BrClFN2O3S. The highest BCUT2D eigenvalue weighted by molar-refractivity contribution is 9.10. The monoisotopic (exact) mass is 468 g/mol. The lowest BCUT2D eigenvalue weighted by molar-refractivity contribution is -0.127. The van der Waals surface area contributed by atoms with Crippen molar-refractivity contribution in [1.82, 2.24) is 4.90 Å². The van der Waals surface area contributed by atoms with Crippen LogP contribution in [0.25, 0.3) is 6.08 Å². The van der Waals surface area contributed by atoms with E-state index in [9.17, 15) is 18.8 Å². The number of amides is 3. The zero-order valence-electron chi connectivity index (χ0n) is 13.5. The van der Waals surface area contributed by atoms with E-state index in [0.717, 1.165) is 16.7 Å². The molecule has 0 radical (unpaired) electrons. The Morgan fingerprint density at radius 3 is 2.59 bits per heavy atom. The molecule has 3 rings (SSSR count). The van der Waals surface area contributed by atoms with Gasteiger partial charge in [-0.15, -0.1) is 0 Å². The first-order valence-electron chi connectivity index (χ1n) is 7.59. The summed E-state index contributed by atoms with van der Waals surface area (Å²) in [5.41, 5.74) is 1.06. The SMILES string of the molecule is O=C(CN1C(=O)S/C(=C/c2ccc(F)c(Br)c2)C1=O)Nc1ccc(Cl)cc1. The Morgan fingerprint density at radius 2 is 1.93 bits per heavy atom. The minimum Gasteiger partial charge on any atom is -0.325 e. The summed E-state index contributed by atoms with van der Waals surface area (Å²) in [7, 11) is 0. The normalized spacial score (nSPS) is 15.5. The lowest BCUT2D eigenvalue weighted by atomic mass is 10.2. The number of hydrogen-bond donors (Lipinski definition) is 1. The predicted octanol–water partition coefficient (Wildman–Crippen LogP) is 4.92. The van der Waals surface area contributed by atoms with Crippen LogP contribution in [0.4, 0.5) is 14.9 Å². The molecule has 0 aliphatic carbocycles. The molecule has 1 N–H and O–H groups in total. The number of benzene rings is 2. The van der Waals surface area contributed by atoms with Crippen molar-refractivity contribution in [2.24, 2.45) is 0 Å². The summed E-state index contributed by atoms with van der Waals surface area (Å²) in [6.45, 7) is -0.405. The molecule has 2 aromatic rings. The van der Waals surface area contributed by atoms with Gasteiger partial charge in [-0.25, -0.2) is 4.39 Å². The fourth-order valence-electron chi connectivity index (χ4n) is 2.27. The highest BCUT2D eigenvalue weighted by atomic mass is 79.9. The van der Waals surface area contributed by atoms with E-state index in [0.29, 0.717) is 16.3 Å². The lowest BCUT2D eigenvalue weighted by Gasteiger charge is -2.12. The Kier molecular flexibility index (Phi) is 5.98. The van der Waals surface area contributed by atoms with Crippen LogP contribution in [-0.2, 0) is 9.59 Å². The van der Waals surface area contributed by atoms with Crippen LogP contribution in [0.15, 0.2) is 51.8 Å². The molecule has 138 valence electrons. The number of hydrogen-bond acceptors (Lipinski definition) is 4. The molecule has 5 nitrogen and oxygen atoms in total. The fraction of sp³-hybridized carbons (Fsp3) is 0.0556. The second-order valence-corrected chi connectivity index (χ2v) is 7.78.